The Kier molecular flexibility index (Phi) is 5.67. The summed E-state index contributed by atoms with van der Waals surface area (Å²) in [6, 6.07) is 18.4. The van der Waals surface area contributed by atoms with Crippen molar-refractivity contribution in [3.8, 4) is 0 Å². The third-order valence-corrected chi connectivity index (χ3v) is 4.41. The lowest BCUT2D eigenvalue weighted by atomic mass is 9.87. The third kappa shape index (κ3) is 4.48. The molecule has 0 aliphatic heterocycles. The zero-order valence-electron chi connectivity index (χ0n) is 14.0. The van der Waals surface area contributed by atoms with Crippen LogP contribution in [0.3, 0.4) is 0 Å². The number of hydrogen-bond acceptors (Lipinski definition) is 3. The molecule has 3 heteroatoms. The van der Waals surface area contributed by atoms with Crippen molar-refractivity contribution in [3.63, 3.8) is 0 Å². The van der Waals surface area contributed by atoms with E-state index in [1.54, 1.807) is 0 Å². The number of rotatable bonds is 7. The van der Waals surface area contributed by atoms with Gasteiger partial charge in [-0.3, -0.25) is 15.0 Å². The van der Waals surface area contributed by atoms with Crippen LogP contribution in [0.25, 0.3) is 0 Å². The molecular weight excluding hydrogens is 294 g/mol. The van der Waals surface area contributed by atoms with E-state index in [0.29, 0.717) is 11.8 Å². The van der Waals surface area contributed by atoms with E-state index in [9.17, 15) is 0 Å². The van der Waals surface area contributed by atoms with Crippen LogP contribution in [0.15, 0.2) is 73.2 Å². The van der Waals surface area contributed by atoms with Gasteiger partial charge in [0, 0.05) is 41.6 Å². The van der Waals surface area contributed by atoms with Crippen molar-refractivity contribution in [2.75, 3.05) is 0 Å². The second-order valence-electron chi connectivity index (χ2n) is 6.20. The lowest BCUT2D eigenvalue weighted by molar-refractivity contribution is 0.507. The number of nitrogens with zero attached hydrogens (tertiary/aromatic N) is 3. The summed E-state index contributed by atoms with van der Waals surface area (Å²) >= 11 is 0. The smallest absolute Gasteiger partial charge is 0.0434 e. The highest BCUT2D eigenvalue weighted by atomic mass is 14.7. The molecule has 0 N–H and O–H groups in total. The standard InChI is InChI=1S/C21H23N3/c1-17(20-9-3-6-14-23-20)16-18(21-10-4-7-15-24-21)11-12-19-8-2-5-13-22-19/h2-10,13-15,17-18H,11-12,16H2,1H3. The summed E-state index contributed by atoms with van der Waals surface area (Å²) in [7, 11) is 0. The van der Waals surface area contributed by atoms with E-state index in [4.69, 9.17) is 0 Å². The SMILES string of the molecule is CC(CC(CCc1ccccn1)c1ccccn1)c1ccccn1. The molecule has 122 valence electrons. The van der Waals surface area contributed by atoms with Crippen LogP contribution in [0.5, 0.6) is 0 Å². The van der Waals surface area contributed by atoms with Crippen LogP contribution in [0, 0.1) is 0 Å². The Labute approximate surface area is 143 Å². The lowest BCUT2D eigenvalue weighted by Crippen LogP contribution is -2.09. The third-order valence-electron chi connectivity index (χ3n) is 4.41. The van der Waals surface area contributed by atoms with Crippen LogP contribution >= 0.6 is 0 Å². The molecule has 0 radical (unpaired) electrons. The molecule has 24 heavy (non-hydrogen) atoms. The molecular formula is C21H23N3. The highest BCUT2D eigenvalue weighted by Crippen LogP contribution is 2.31. The zero-order chi connectivity index (χ0) is 16.6. The fraction of sp³-hybridized carbons (Fsp3) is 0.286. The second-order valence-corrected chi connectivity index (χ2v) is 6.20. The van der Waals surface area contributed by atoms with Crippen molar-refractivity contribution in [2.45, 2.75) is 38.0 Å². The molecule has 0 fully saturated rings. The van der Waals surface area contributed by atoms with Gasteiger partial charge in [0.2, 0.25) is 0 Å². The Morgan fingerprint density at radius 1 is 0.750 bits per heavy atom. The Hall–Kier alpha value is -2.55. The summed E-state index contributed by atoms with van der Waals surface area (Å²) in [5, 5.41) is 0. The predicted molar refractivity (Wildman–Crippen MR) is 96.8 cm³/mol. The summed E-state index contributed by atoms with van der Waals surface area (Å²) in [6.45, 7) is 2.25. The summed E-state index contributed by atoms with van der Waals surface area (Å²) in [5.74, 6) is 0.812. The summed E-state index contributed by atoms with van der Waals surface area (Å²) in [4.78, 5) is 13.6. The van der Waals surface area contributed by atoms with Gasteiger partial charge in [0.05, 0.1) is 0 Å². The molecule has 3 aromatic heterocycles. The molecule has 3 nitrogen and oxygen atoms in total. The quantitative estimate of drug-likeness (QED) is 0.629. The molecule has 3 heterocycles. The number of aromatic nitrogens is 3. The Morgan fingerprint density at radius 2 is 1.38 bits per heavy atom. The number of aryl methyl sites for hydroxylation is 1. The van der Waals surface area contributed by atoms with Crippen LogP contribution in [0.1, 0.15) is 48.7 Å². The highest BCUT2D eigenvalue weighted by Gasteiger charge is 2.18. The summed E-state index contributed by atoms with van der Waals surface area (Å²) < 4.78 is 0. The molecule has 2 unspecified atom stereocenters. The maximum Gasteiger partial charge on any atom is 0.0434 e. The van der Waals surface area contributed by atoms with Crippen LogP contribution in [-0.2, 0) is 6.42 Å². The van der Waals surface area contributed by atoms with E-state index in [1.807, 2.05) is 36.8 Å². The average molecular weight is 317 g/mol. The van der Waals surface area contributed by atoms with Crippen molar-refractivity contribution in [2.24, 2.45) is 0 Å². The van der Waals surface area contributed by atoms with Gasteiger partial charge < -0.3 is 0 Å². The maximum absolute atomic E-state index is 4.60. The summed E-state index contributed by atoms with van der Waals surface area (Å²) in [6.07, 6.45) is 8.68. The Balaban J connectivity index is 1.72. The van der Waals surface area contributed by atoms with E-state index in [1.165, 1.54) is 0 Å². The normalized spacial score (nSPS) is 13.4. The number of hydrogen-bond donors (Lipinski definition) is 0. The Morgan fingerprint density at radius 3 is 1.96 bits per heavy atom. The molecule has 0 aliphatic rings. The van der Waals surface area contributed by atoms with Crippen molar-refractivity contribution in [1.82, 2.24) is 15.0 Å². The molecule has 0 bridgehead atoms. The van der Waals surface area contributed by atoms with Crippen molar-refractivity contribution >= 4 is 0 Å². The van der Waals surface area contributed by atoms with E-state index in [0.717, 1.165) is 36.3 Å². The van der Waals surface area contributed by atoms with Gasteiger partial charge in [-0.05, 0) is 61.6 Å². The molecule has 0 spiro atoms. The molecule has 3 rings (SSSR count). The topological polar surface area (TPSA) is 38.7 Å². The minimum absolute atomic E-state index is 0.405. The first-order valence-corrected chi connectivity index (χ1v) is 8.54. The molecule has 0 aliphatic carbocycles. The van der Waals surface area contributed by atoms with E-state index in [-0.39, 0.29) is 0 Å². The van der Waals surface area contributed by atoms with Gasteiger partial charge in [-0.15, -0.1) is 0 Å². The van der Waals surface area contributed by atoms with Gasteiger partial charge in [0.1, 0.15) is 0 Å². The molecule has 0 saturated carbocycles. The van der Waals surface area contributed by atoms with Gasteiger partial charge in [-0.1, -0.05) is 25.1 Å². The highest BCUT2D eigenvalue weighted by molar-refractivity contribution is 5.15. The van der Waals surface area contributed by atoms with Gasteiger partial charge in [-0.2, -0.15) is 0 Å². The molecule has 0 aromatic carbocycles. The van der Waals surface area contributed by atoms with E-state index in [2.05, 4.69) is 58.3 Å². The molecule has 0 amide bonds. The zero-order valence-corrected chi connectivity index (χ0v) is 14.0. The van der Waals surface area contributed by atoms with Crippen molar-refractivity contribution in [3.05, 3.63) is 90.3 Å². The van der Waals surface area contributed by atoms with Crippen molar-refractivity contribution in [1.29, 1.82) is 0 Å². The van der Waals surface area contributed by atoms with Gasteiger partial charge in [-0.25, -0.2) is 0 Å². The van der Waals surface area contributed by atoms with Crippen molar-refractivity contribution < 1.29 is 0 Å². The van der Waals surface area contributed by atoms with Gasteiger partial charge in [0.25, 0.3) is 0 Å². The minimum atomic E-state index is 0.405. The monoisotopic (exact) mass is 317 g/mol. The fourth-order valence-corrected chi connectivity index (χ4v) is 3.09. The first-order valence-electron chi connectivity index (χ1n) is 8.54. The first kappa shape index (κ1) is 16.3. The molecule has 0 saturated heterocycles. The minimum Gasteiger partial charge on any atom is -0.261 e. The lowest BCUT2D eigenvalue weighted by Gasteiger charge is -2.20. The second kappa shape index (κ2) is 8.34. The molecule has 2 atom stereocenters. The Bertz CT molecular complexity index is 714. The van der Waals surface area contributed by atoms with Crippen LogP contribution < -0.4 is 0 Å². The van der Waals surface area contributed by atoms with E-state index < -0.39 is 0 Å². The van der Waals surface area contributed by atoms with Gasteiger partial charge >= 0.3 is 0 Å². The molecule has 3 aromatic rings. The fourth-order valence-electron chi connectivity index (χ4n) is 3.09. The predicted octanol–water partition coefficient (Wildman–Crippen LogP) is 4.78. The van der Waals surface area contributed by atoms with Crippen LogP contribution in [-0.4, -0.2) is 15.0 Å². The number of pyridine rings is 3. The van der Waals surface area contributed by atoms with Crippen LogP contribution in [0.2, 0.25) is 0 Å². The largest absolute Gasteiger partial charge is 0.261 e. The van der Waals surface area contributed by atoms with Crippen LogP contribution in [0.4, 0.5) is 0 Å². The average Bonchev–Trinajstić information content (AvgIpc) is 2.67. The summed E-state index contributed by atoms with van der Waals surface area (Å²) in [5.41, 5.74) is 3.45. The maximum atomic E-state index is 4.60. The first-order chi connectivity index (χ1) is 11.8. The van der Waals surface area contributed by atoms with E-state index >= 15 is 0 Å². The van der Waals surface area contributed by atoms with Gasteiger partial charge in [0.15, 0.2) is 0 Å².